The maximum absolute atomic E-state index is 12.9. The molecule has 6 nitrogen and oxygen atoms in total. The molecule has 0 saturated carbocycles. The molecule has 0 N–H and O–H groups in total. The van der Waals surface area contributed by atoms with Gasteiger partial charge < -0.3 is 4.90 Å². The number of halogens is 3. The van der Waals surface area contributed by atoms with Crippen LogP contribution in [0.4, 0.5) is 13.2 Å². The highest BCUT2D eigenvalue weighted by molar-refractivity contribution is 7.15. The zero-order chi connectivity index (χ0) is 20.8. The van der Waals surface area contributed by atoms with Gasteiger partial charge in [0.25, 0.3) is 5.91 Å². The molecule has 29 heavy (non-hydrogen) atoms. The maximum atomic E-state index is 12.9. The maximum Gasteiger partial charge on any atom is 0.416 e. The van der Waals surface area contributed by atoms with Crippen LogP contribution >= 0.6 is 11.3 Å². The Kier molecular flexibility index (Phi) is 4.65. The van der Waals surface area contributed by atoms with Gasteiger partial charge in [-0.3, -0.25) is 13.9 Å². The average molecular weight is 419 g/mol. The standard InChI is InChI=1S/C19H16F3N5OS/c1-25(8-12-7-23-26(2)9-12)17(28)16-11-29-18-24-15(10-27(16)18)13-3-5-14(6-4-13)19(20,21)22/h3-7,9-11H,8H2,1-2H3. The molecular formula is C19H16F3N5OS. The van der Waals surface area contributed by atoms with Gasteiger partial charge in [0.05, 0.1) is 17.5 Å². The number of benzene rings is 1. The second kappa shape index (κ2) is 7.03. The number of hydrogen-bond donors (Lipinski definition) is 0. The molecule has 4 aromatic rings. The zero-order valence-corrected chi connectivity index (χ0v) is 16.3. The molecule has 1 aromatic carbocycles. The van der Waals surface area contributed by atoms with Crippen molar-refractivity contribution in [3.8, 4) is 11.3 Å². The first-order valence-corrected chi connectivity index (χ1v) is 9.47. The van der Waals surface area contributed by atoms with Gasteiger partial charge in [0.2, 0.25) is 0 Å². The fourth-order valence-corrected chi connectivity index (χ4v) is 3.85. The Bertz CT molecular complexity index is 1170. The Morgan fingerprint density at radius 3 is 2.55 bits per heavy atom. The number of amides is 1. The number of aryl methyl sites for hydroxylation is 1. The number of carbonyl (C=O) groups is 1. The van der Waals surface area contributed by atoms with Gasteiger partial charge in [-0.25, -0.2) is 4.98 Å². The number of nitrogens with zero attached hydrogens (tertiary/aromatic N) is 5. The van der Waals surface area contributed by atoms with E-state index in [1.54, 1.807) is 38.8 Å². The smallest absolute Gasteiger partial charge is 0.336 e. The molecule has 1 amide bonds. The van der Waals surface area contributed by atoms with Gasteiger partial charge in [-0.15, -0.1) is 11.3 Å². The SMILES string of the molecule is CN(Cc1cnn(C)c1)C(=O)c1csc2nc(-c3ccc(C(F)(F)F)cc3)cn12. The highest BCUT2D eigenvalue weighted by Gasteiger charge is 2.30. The van der Waals surface area contributed by atoms with Crippen LogP contribution < -0.4 is 0 Å². The number of hydrogen-bond acceptors (Lipinski definition) is 4. The van der Waals surface area contributed by atoms with Gasteiger partial charge in [-0.1, -0.05) is 12.1 Å². The van der Waals surface area contributed by atoms with Crippen LogP contribution in [0.15, 0.2) is 48.2 Å². The third-order valence-corrected chi connectivity index (χ3v) is 5.30. The second-order valence-corrected chi connectivity index (χ2v) is 7.49. The predicted octanol–water partition coefficient (Wildman–Crippen LogP) is 4.09. The highest BCUT2D eigenvalue weighted by Crippen LogP contribution is 2.31. The van der Waals surface area contributed by atoms with E-state index in [1.807, 2.05) is 13.2 Å². The molecule has 0 fully saturated rings. The van der Waals surface area contributed by atoms with E-state index in [2.05, 4.69) is 10.1 Å². The molecule has 0 aliphatic carbocycles. The van der Waals surface area contributed by atoms with E-state index in [9.17, 15) is 18.0 Å². The Morgan fingerprint density at radius 2 is 1.93 bits per heavy atom. The first kappa shape index (κ1) is 19.2. The molecule has 150 valence electrons. The van der Waals surface area contributed by atoms with Crippen LogP contribution in [0, 0.1) is 0 Å². The van der Waals surface area contributed by atoms with Crippen LogP contribution in [0.25, 0.3) is 16.2 Å². The molecule has 0 aliphatic rings. The van der Waals surface area contributed by atoms with Gasteiger partial charge in [0.15, 0.2) is 4.96 Å². The molecule has 3 heterocycles. The van der Waals surface area contributed by atoms with E-state index < -0.39 is 11.7 Å². The molecule has 0 bridgehead atoms. The zero-order valence-electron chi connectivity index (χ0n) is 15.5. The quantitative estimate of drug-likeness (QED) is 0.501. The number of thiazole rings is 1. The topological polar surface area (TPSA) is 55.4 Å². The van der Waals surface area contributed by atoms with Gasteiger partial charge in [-0.2, -0.15) is 18.3 Å². The van der Waals surface area contributed by atoms with E-state index in [4.69, 9.17) is 0 Å². The first-order valence-electron chi connectivity index (χ1n) is 8.59. The van der Waals surface area contributed by atoms with Crippen molar-refractivity contribution in [1.29, 1.82) is 0 Å². The normalized spacial score (nSPS) is 11.9. The molecule has 3 aromatic heterocycles. The van der Waals surface area contributed by atoms with Crippen molar-refractivity contribution >= 4 is 22.2 Å². The first-order chi connectivity index (χ1) is 13.7. The fraction of sp³-hybridized carbons (Fsp3) is 0.211. The third kappa shape index (κ3) is 3.75. The van der Waals surface area contributed by atoms with Crippen molar-refractivity contribution in [2.24, 2.45) is 7.05 Å². The summed E-state index contributed by atoms with van der Waals surface area (Å²) in [4.78, 5) is 19.5. The molecule has 0 saturated heterocycles. The Labute approximate surface area is 167 Å². The number of imidazole rings is 1. The summed E-state index contributed by atoms with van der Waals surface area (Å²) >= 11 is 1.30. The van der Waals surface area contributed by atoms with E-state index in [0.717, 1.165) is 17.7 Å². The van der Waals surface area contributed by atoms with Crippen molar-refractivity contribution in [3.05, 3.63) is 65.1 Å². The summed E-state index contributed by atoms with van der Waals surface area (Å²) in [6, 6.07) is 4.81. The Morgan fingerprint density at radius 1 is 1.21 bits per heavy atom. The van der Waals surface area contributed by atoms with E-state index in [-0.39, 0.29) is 5.91 Å². The van der Waals surface area contributed by atoms with Crippen LogP contribution in [0.3, 0.4) is 0 Å². The van der Waals surface area contributed by atoms with E-state index >= 15 is 0 Å². The summed E-state index contributed by atoms with van der Waals surface area (Å²) in [7, 11) is 3.51. The van der Waals surface area contributed by atoms with Crippen LogP contribution in [-0.4, -0.2) is 37.0 Å². The van der Waals surface area contributed by atoms with Gasteiger partial charge in [0, 0.05) is 49.5 Å². The van der Waals surface area contributed by atoms with Gasteiger partial charge in [0.1, 0.15) is 5.69 Å². The largest absolute Gasteiger partial charge is 0.416 e. The Hall–Kier alpha value is -3.14. The summed E-state index contributed by atoms with van der Waals surface area (Å²) < 4.78 is 41.6. The molecule has 0 aliphatic heterocycles. The second-order valence-electron chi connectivity index (χ2n) is 6.66. The minimum absolute atomic E-state index is 0.184. The van der Waals surface area contributed by atoms with Crippen LogP contribution in [-0.2, 0) is 19.8 Å². The molecule has 4 rings (SSSR count). The highest BCUT2D eigenvalue weighted by atomic mass is 32.1. The lowest BCUT2D eigenvalue weighted by atomic mass is 10.1. The molecule has 0 unspecified atom stereocenters. The molecule has 0 radical (unpaired) electrons. The fourth-order valence-electron chi connectivity index (χ4n) is 3.00. The van der Waals surface area contributed by atoms with Crippen LogP contribution in [0.2, 0.25) is 0 Å². The van der Waals surface area contributed by atoms with E-state index in [0.29, 0.717) is 28.5 Å². The van der Waals surface area contributed by atoms with Crippen molar-refractivity contribution < 1.29 is 18.0 Å². The number of rotatable bonds is 4. The minimum atomic E-state index is -4.38. The van der Waals surface area contributed by atoms with Crippen molar-refractivity contribution in [2.75, 3.05) is 7.05 Å². The van der Waals surface area contributed by atoms with Gasteiger partial charge in [-0.05, 0) is 12.1 Å². The van der Waals surface area contributed by atoms with Crippen LogP contribution in [0.5, 0.6) is 0 Å². The van der Waals surface area contributed by atoms with Crippen molar-refractivity contribution in [3.63, 3.8) is 0 Å². The average Bonchev–Trinajstić information content (AvgIpc) is 3.36. The minimum Gasteiger partial charge on any atom is -0.336 e. The monoisotopic (exact) mass is 419 g/mol. The lowest BCUT2D eigenvalue weighted by Crippen LogP contribution is -2.27. The molecule has 10 heteroatoms. The number of carbonyl (C=O) groups excluding carboxylic acids is 1. The summed E-state index contributed by atoms with van der Waals surface area (Å²) in [6.45, 7) is 0.407. The molecule has 0 atom stereocenters. The Balaban J connectivity index is 1.59. The van der Waals surface area contributed by atoms with Crippen LogP contribution in [0.1, 0.15) is 21.6 Å². The summed E-state index contributed by atoms with van der Waals surface area (Å²) in [5.41, 5.74) is 1.70. The third-order valence-electron chi connectivity index (χ3n) is 4.46. The summed E-state index contributed by atoms with van der Waals surface area (Å²) in [5.74, 6) is -0.184. The number of alkyl halides is 3. The lowest BCUT2D eigenvalue weighted by Gasteiger charge is -2.15. The number of fused-ring (bicyclic) bond motifs is 1. The summed E-state index contributed by atoms with van der Waals surface area (Å²) in [6.07, 6.45) is 0.824. The molecular weight excluding hydrogens is 403 g/mol. The summed E-state index contributed by atoms with van der Waals surface area (Å²) in [5, 5.41) is 5.82. The lowest BCUT2D eigenvalue weighted by molar-refractivity contribution is -0.137. The van der Waals surface area contributed by atoms with Crippen molar-refractivity contribution in [1.82, 2.24) is 24.1 Å². The van der Waals surface area contributed by atoms with E-state index in [1.165, 1.54) is 23.5 Å². The van der Waals surface area contributed by atoms with Crippen molar-refractivity contribution in [2.45, 2.75) is 12.7 Å². The predicted molar refractivity (Wildman–Crippen MR) is 103 cm³/mol. The van der Waals surface area contributed by atoms with Gasteiger partial charge >= 0.3 is 6.18 Å². The number of aromatic nitrogens is 4. The molecule has 0 spiro atoms.